The largest absolute Gasteiger partial charge is 0.495 e. The van der Waals surface area contributed by atoms with Gasteiger partial charge in [-0.2, -0.15) is 0 Å². The van der Waals surface area contributed by atoms with Crippen molar-refractivity contribution in [3.8, 4) is 5.75 Å². The minimum absolute atomic E-state index is 0.142. The van der Waals surface area contributed by atoms with Crippen LogP contribution < -0.4 is 10.1 Å². The van der Waals surface area contributed by atoms with Gasteiger partial charge in [0.15, 0.2) is 0 Å². The fourth-order valence-electron chi connectivity index (χ4n) is 1.77. The number of benzene rings is 2. The van der Waals surface area contributed by atoms with Gasteiger partial charge in [0.25, 0.3) is 5.91 Å². The number of amides is 1. The molecule has 0 spiro atoms. The Balaban J connectivity index is 2.30. The molecule has 2 aromatic rings. The van der Waals surface area contributed by atoms with Gasteiger partial charge in [-0.05, 0) is 52.7 Å². The van der Waals surface area contributed by atoms with E-state index in [1.807, 2.05) is 19.1 Å². The summed E-state index contributed by atoms with van der Waals surface area (Å²) in [6.07, 6.45) is 0. The normalized spacial score (nSPS) is 10.2. The van der Waals surface area contributed by atoms with Gasteiger partial charge in [0.1, 0.15) is 11.6 Å². The maximum absolute atomic E-state index is 13.4. The number of rotatable bonds is 3. The molecular weight excluding hydrogens is 325 g/mol. The smallest absolute Gasteiger partial charge is 0.257 e. The van der Waals surface area contributed by atoms with E-state index in [4.69, 9.17) is 4.74 Å². The lowest BCUT2D eigenvalue weighted by molar-refractivity contribution is 0.102. The first kappa shape index (κ1) is 14.5. The van der Waals surface area contributed by atoms with Gasteiger partial charge in [-0.15, -0.1) is 0 Å². The topological polar surface area (TPSA) is 38.3 Å². The summed E-state index contributed by atoms with van der Waals surface area (Å²) in [7, 11) is 1.53. The van der Waals surface area contributed by atoms with Crippen LogP contribution in [0.3, 0.4) is 0 Å². The van der Waals surface area contributed by atoms with Crippen LogP contribution in [0.4, 0.5) is 10.1 Å². The average Bonchev–Trinajstić information content (AvgIpc) is 2.43. The van der Waals surface area contributed by atoms with Crippen molar-refractivity contribution in [2.45, 2.75) is 6.92 Å². The highest BCUT2D eigenvalue weighted by Gasteiger charge is 2.14. The van der Waals surface area contributed by atoms with E-state index in [-0.39, 0.29) is 10.0 Å². The lowest BCUT2D eigenvalue weighted by Gasteiger charge is -2.11. The van der Waals surface area contributed by atoms with Crippen molar-refractivity contribution in [1.82, 2.24) is 0 Å². The van der Waals surface area contributed by atoms with Crippen LogP contribution in [-0.4, -0.2) is 13.0 Å². The van der Waals surface area contributed by atoms with E-state index in [0.717, 1.165) is 5.56 Å². The molecule has 104 valence electrons. The highest BCUT2D eigenvalue weighted by atomic mass is 79.9. The molecule has 0 aromatic heterocycles. The van der Waals surface area contributed by atoms with Gasteiger partial charge in [0.05, 0.1) is 22.8 Å². The molecule has 0 atom stereocenters. The first-order chi connectivity index (χ1) is 9.52. The monoisotopic (exact) mass is 337 g/mol. The van der Waals surface area contributed by atoms with Gasteiger partial charge in [-0.25, -0.2) is 4.39 Å². The van der Waals surface area contributed by atoms with E-state index in [9.17, 15) is 9.18 Å². The minimum Gasteiger partial charge on any atom is -0.495 e. The third-order valence-corrected chi connectivity index (χ3v) is 3.61. The molecule has 0 radical (unpaired) electrons. The lowest BCUT2D eigenvalue weighted by atomic mass is 10.1. The summed E-state index contributed by atoms with van der Waals surface area (Å²) in [5, 5.41) is 2.71. The van der Waals surface area contributed by atoms with E-state index in [1.54, 1.807) is 12.1 Å². The Morgan fingerprint density at radius 2 is 2.05 bits per heavy atom. The van der Waals surface area contributed by atoms with Crippen molar-refractivity contribution in [2.75, 3.05) is 12.4 Å². The quantitative estimate of drug-likeness (QED) is 0.913. The number of hydrogen-bond donors (Lipinski definition) is 1. The molecule has 0 aliphatic rings. The maximum atomic E-state index is 13.4. The standard InChI is InChI=1S/C15H13BrFNO2/c1-9-6-7-12(13(8-9)20-2)18-15(19)10-4-3-5-11(17)14(10)16/h3-8H,1-2H3,(H,18,19). The molecule has 0 heterocycles. The molecule has 1 N–H and O–H groups in total. The number of carbonyl (C=O) groups excluding carboxylic acids is 1. The molecule has 0 fully saturated rings. The van der Waals surface area contributed by atoms with Crippen molar-refractivity contribution < 1.29 is 13.9 Å². The van der Waals surface area contributed by atoms with Crippen molar-refractivity contribution >= 4 is 27.5 Å². The van der Waals surface area contributed by atoms with E-state index in [2.05, 4.69) is 21.2 Å². The summed E-state index contributed by atoms with van der Waals surface area (Å²) in [6.45, 7) is 1.93. The zero-order valence-corrected chi connectivity index (χ0v) is 12.6. The Morgan fingerprint density at radius 3 is 2.75 bits per heavy atom. The van der Waals surface area contributed by atoms with Gasteiger partial charge in [-0.3, -0.25) is 4.79 Å². The number of nitrogens with one attached hydrogen (secondary N) is 1. The highest BCUT2D eigenvalue weighted by Crippen LogP contribution is 2.27. The van der Waals surface area contributed by atoms with Crippen LogP contribution in [0.5, 0.6) is 5.75 Å². The average molecular weight is 338 g/mol. The molecular formula is C15H13BrFNO2. The van der Waals surface area contributed by atoms with E-state index >= 15 is 0 Å². The Kier molecular flexibility index (Phi) is 4.39. The van der Waals surface area contributed by atoms with Crippen LogP contribution >= 0.6 is 15.9 Å². The Hall–Kier alpha value is -1.88. The summed E-state index contributed by atoms with van der Waals surface area (Å²) in [5.74, 6) is -0.321. The number of carbonyl (C=O) groups is 1. The van der Waals surface area contributed by atoms with Gasteiger partial charge >= 0.3 is 0 Å². The molecule has 0 bridgehead atoms. The summed E-state index contributed by atoms with van der Waals surface area (Å²) >= 11 is 3.07. The van der Waals surface area contributed by atoms with Crippen molar-refractivity contribution in [3.05, 3.63) is 57.8 Å². The number of hydrogen-bond acceptors (Lipinski definition) is 2. The fraction of sp³-hybridized carbons (Fsp3) is 0.133. The van der Waals surface area contributed by atoms with Crippen molar-refractivity contribution in [1.29, 1.82) is 0 Å². The SMILES string of the molecule is COc1cc(C)ccc1NC(=O)c1cccc(F)c1Br. The van der Waals surface area contributed by atoms with Crippen LogP contribution in [0, 0.1) is 12.7 Å². The lowest BCUT2D eigenvalue weighted by Crippen LogP contribution is -2.13. The number of anilines is 1. The van der Waals surface area contributed by atoms with Crippen LogP contribution in [-0.2, 0) is 0 Å². The predicted octanol–water partition coefficient (Wildman–Crippen LogP) is 4.16. The molecule has 20 heavy (non-hydrogen) atoms. The van der Waals surface area contributed by atoms with Gasteiger partial charge in [0, 0.05) is 0 Å². The maximum Gasteiger partial charge on any atom is 0.257 e. The minimum atomic E-state index is -0.478. The van der Waals surface area contributed by atoms with Crippen molar-refractivity contribution in [2.24, 2.45) is 0 Å². The van der Waals surface area contributed by atoms with Gasteiger partial charge < -0.3 is 10.1 Å². The molecule has 0 unspecified atom stereocenters. The second-order valence-corrected chi connectivity index (χ2v) is 5.05. The summed E-state index contributed by atoms with van der Waals surface area (Å²) in [6, 6.07) is 9.74. The van der Waals surface area contributed by atoms with Crippen LogP contribution in [0.1, 0.15) is 15.9 Å². The van der Waals surface area contributed by atoms with Crippen LogP contribution in [0.2, 0.25) is 0 Å². The molecule has 0 aliphatic carbocycles. The molecule has 1 amide bonds. The fourth-order valence-corrected chi connectivity index (χ4v) is 2.21. The van der Waals surface area contributed by atoms with E-state index < -0.39 is 11.7 Å². The number of aryl methyl sites for hydroxylation is 1. The number of halogens is 2. The zero-order valence-electron chi connectivity index (χ0n) is 11.0. The van der Waals surface area contributed by atoms with E-state index in [0.29, 0.717) is 11.4 Å². The number of methoxy groups -OCH3 is 1. The third-order valence-electron chi connectivity index (χ3n) is 2.80. The first-order valence-corrected chi connectivity index (χ1v) is 6.72. The Morgan fingerprint density at radius 1 is 1.30 bits per heavy atom. The molecule has 0 saturated carbocycles. The van der Waals surface area contributed by atoms with Gasteiger partial charge in [0.2, 0.25) is 0 Å². The second kappa shape index (κ2) is 6.05. The molecule has 0 saturated heterocycles. The van der Waals surface area contributed by atoms with Crippen LogP contribution in [0.25, 0.3) is 0 Å². The van der Waals surface area contributed by atoms with Gasteiger partial charge in [-0.1, -0.05) is 12.1 Å². The first-order valence-electron chi connectivity index (χ1n) is 5.93. The van der Waals surface area contributed by atoms with Crippen molar-refractivity contribution in [3.63, 3.8) is 0 Å². The van der Waals surface area contributed by atoms with Crippen LogP contribution in [0.15, 0.2) is 40.9 Å². The molecule has 3 nitrogen and oxygen atoms in total. The summed E-state index contributed by atoms with van der Waals surface area (Å²) in [4.78, 5) is 12.2. The second-order valence-electron chi connectivity index (χ2n) is 4.26. The molecule has 2 rings (SSSR count). The Labute approximate surface area is 124 Å². The molecule has 0 aliphatic heterocycles. The summed E-state index contributed by atoms with van der Waals surface area (Å²) in [5.41, 5.74) is 1.79. The Bertz CT molecular complexity index is 658. The van der Waals surface area contributed by atoms with E-state index in [1.165, 1.54) is 19.2 Å². The summed E-state index contributed by atoms with van der Waals surface area (Å²) < 4.78 is 18.8. The number of ether oxygens (including phenoxy) is 1. The molecule has 2 aromatic carbocycles. The third kappa shape index (κ3) is 2.99. The molecule has 5 heteroatoms. The highest BCUT2D eigenvalue weighted by molar-refractivity contribution is 9.10. The zero-order chi connectivity index (χ0) is 14.7. The predicted molar refractivity (Wildman–Crippen MR) is 79.8 cm³/mol.